The van der Waals surface area contributed by atoms with Crippen molar-refractivity contribution < 1.29 is 4.92 Å². The second-order valence-electron chi connectivity index (χ2n) is 7.02. The average molecular weight is 482 g/mol. The van der Waals surface area contributed by atoms with Crippen molar-refractivity contribution in [3.8, 4) is 0 Å². The smallest absolute Gasteiger partial charge is 0.287 e. The number of benzene rings is 2. The van der Waals surface area contributed by atoms with E-state index in [0.717, 1.165) is 52.5 Å². The lowest BCUT2D eigenvalue weighted by atomic mass is 10.1. The molecule has 0 fully saturated rings. The maximum absolute atomic E-state index is 10.9. The Labute approximate surface area is 170 Å². The van der Waals surface area contributed by atoms with Gasteiger partial charge in [0.1, 0.15) is 0 Å². The number of anilines is 1. The quantitative estimate of drug-likeness (QED) is 0.309. The van der Waals surface area contributed by atoms with E-state index in [1.165, 1.54) is 29.5 Å². The molecule has 2 aromatic rings. The van der Waals surface area contributed by atoms with Crippen molar-refractivity contribution in [2.45, 2.75) is 52.4 Å². The molecule has 2 aromatic carbocycles. The molecule has 0 amide bonds. The molecule has 0 bridgehead atoms. The molecule has 0 aliphatic heterocycles. The Bertz CT molecular complexity index is 894. The Morgan fingerprint density at radius 2 is 1.42 bits per heavy atom. The molecule has 0 heterocycles. The predicted octanol–water partition coefficient (Wildman–Crippen LogP) is 5.98. The molecule has 0 radical (unpaired) electrons. The largest absolute Gasteiger partial charge is 0.398 e. The summed E-state index contributed by atoms with van der Waals surface area (Å²) >= 11 is 6.80. The molecule has 4 nitrogen and oxygen atoms in total. The highest BCUT2D eigenvalue weighted by Crippen LogP contribution is 2.38. The first-order chi connectivity index (χ1) is 12.3. The molecule has 0 saturated carbocycles. The van der Waals surface area contributed by atoms with Crippen molar-refractivity contribution in [1.29, 1.82) is 0 Å². The maximum Gasteiger partial charge on any atom is 0.287 e. The van der Waals surface area contributed by atoms with Crippen LogP contribution in [-0.4, -0.2) is 4.92 Å². The average Bonchev–Trinajstić information content (AvgIpc) is 3.23. The van der Waals surface area contributed by atoms with Crippen molar-refractivity contribution in [2.24, 2.45) is 0 Å². The number of aryl methyl sites for hydroxylation is 4. The maximum atomic E-state index is 10.9. The minimum Gasteiger partial charge on any atom is -0.398 e. The van der Waals surface area contributed by atoms with Gasteiger partial charge in [0.05, 0.1) is 9.40 Å². The fourth-order valence-corrected chi connectivity index (χ4v) is 4.79. The Kier molecular flexibility index (Phi) is 5.72. The number of fused-ring (bicyclic) bond motifs is 2. The summed E-state index contributed by atoms with van der Waals surface area (Å²) in [4.78, 5) is 10.6. The van der Waals surface area contributed by atoms with Gasteiger partial charge < -0.3 is 5.73 Å². The molecule has 6 heteroatoms. The first-order valence-corrected chi connectivity index (χ1v) is 10.4. The molecule has 2 aliphatic rings. The number of hydrogen-bond acceptors (Lipinski definition) is 3. The van der Waals surface area contributed by atoms with Gasteiger partial charge in [-0.2, -0.15) is 0 Å². The Balaban J connectivity index is 0.000000152. The minimum atomic E-state index is -0.277. The Morgan fingerprint density at radius 1 is 0.923 bits per heavy atom. The van der Waals surface area contributed by atoms with Gasteiger partial charge >= 0.3 is 0 Å². The molecule has 4 rings (SSSR count). The summed E-state index contributed by atoms with van der Waals surface area (Å²) < 4.78 is 1.73. The standard InChI is InChI=1S/C10H10BrNO2.C10H12BrN/c1-6-5-7-3-2-4-8(7)10(9(6)11)12(13)14;1-6-5-7-3-2-4-8(7)10(12)9(6)11/h5H,2-4H2,1H3;5H,2-4,12H2,1H3. The van der Waals surface area contributed by atoms with Crippen LogP contribution < -0.4 is 5.73 Å². The van der Waals surface area contributed by atoms with Crippen molar-refractivity contribution in [2.75, 3.05) is 5.73 Å². The number of halogens is 2. The zero-order valence-corrected chi connectivity index (χ0v) is 18.2. The van der Waals surface area contributed by atoms with Gasteiger partial charge in [-0.1, -0.05) is 12.1 Å². The summed E-state index contributed by atoms with van der Waals surface area (Å²) in [6.07, 6.45) is 6.46. The van der Waals surface area contributed by atoms with E-state index in [9.17, 15) is 10.1 Å². The number of hydrogen-bond donors (Lipinski definition) is 1. The summed E-state index contributed by atoms with van der Waals surface area (Å²) in [5.41, 5.74) is 14.3. The van der Waals surface area contributed by atoms with Gasteiger partial charge in [-0.25, -0.2) is 0 Å². The van der Waals surface area contributed by atoms with Gasteiger partial charge in [-0.05, 0) is 112 Å². The normalized spacial score (nSPS) is 14.5. The summed E-state index contributed by atoms with van der Waals surface area (Å²) in [6.45, 7) is 3.99. The van der Waals surface area contributed by atoms with Gasteiger partial charge in [0.2, 0.25) is 0 Å². The third kappa shape index (κ3) is 3.54. The molecular weight excluding hydrogens is 460 g/mol. The lowest BCUT2D eigenvalue weighted by Gasteiger charge is -2.08. The zero-order chi connectivity index (χ0) is 19.0. The SMILES string of the molecule is Cc1cc2c(c(N)c1Br)CCC2.Cc1cc2c(c([N+](=O)[O-])c1Br)CCC2. The van der Waals surface area contributed by atoms with E-state index >= 15 is 0 Å². The molecule has 138 valence electrons. The van der Waals surface area contributed by atoms with Crippen LogP contribution in [-0.2, 0) is 25.7 Å². The predicted molar refractivity (Wildman–Crippen MR) is 113 cm³/mol. The van der Waals surface area contributed by atoms with E-state index in [2.05, 4.69) is 50.9 Å². The molecular formula is C20H22Br2N2O2. The first-order valence-electron chi connectivity index (χ1n) is 8.82. The van der Waals surface area contributed by atoms with Crippen molar-refractivity contribution in [1.82, 2.24) is 0 Å². The van der Waals surface area contributed by atoms with Crippen LogP contribution in [0, 0.1) is 24.0 Å². The molecule has 0 saturated heterocycles. The molecule has 0 aromatic heterocycles. The highest BCUT2D eigenvalue weighted by atomic mass is 79.9. The van der Waals surface area contributed by atoms with E-state index in [4.69, 9.17) is 5.73 Å². The molecule has 0 atom stereocenters. The summed E-state index contributed by atoms with van der Waals surface area (Å²) in [6, 6.07) is 4.31. The van der Waals surface area contributed by atoms with Crippen LogP contribution in [0.5, 0.6) is 0 Å². The van der Waals surface area contributed by atoms with E-state index in [1.54, 1.807) is 0 Å². The van der Waals surface area contributed by atoms with E-state index in [0.29, 0.717) is 4.47 Å². The summed E-state index contributed by atoms with van der Waals surface area (Å²) in [5.74, 6) is 0. The first kappa shape index (κ1) is 19.4. The molecule has 0 unspecified atom stereocenters. The van der Waals surface area contributed by atoms with Crippen LogP contribution in [0.15, 0.2) is 21.1 Å². The van der Waals surface area contributed by atoms with E-state index in [-0.39, 0.29) is 10.6 Å². The third-order valence-corrected chi connectivity index (χ3v) is 7.29. The van der Waals surface area contributed by atoms with Gasteiger partial charge in [0, 0.05) is 15.7 Å². The van der Waals surface area contributed by atoms with E-state index in [1.807, 2.05) is 6.92 Å². The van der Waals surface area contributed by atoms with Gasteiger partial charge in [-0.15, -0.1) is 0 Å². The van der Waals surface area contributed by atoms with Gasteiger partial charge in [0.15, 0.2) is 0 Å². The molecule has 2 N–H and O–H groups in total. The van der Waals surface area contributed by atoms with Crippen molar-refractivity contribution >= 4 is 43.2 Å². The minimum absolute atomic E-state index is 0.275. The van der Waals surface area contributed by atoms with Gasteiger partial charge in [-0.3, -0.25) is 10.1 Å². The zero-order valence-electron chi connectivity index (χ0n) is 15.0. The monoisotopic (exact) mass is 480 g/mol. The third-order valence-electron chi connectivity index (χ3n) is 5.23. The van der Waals surface area contributed by atoms with Crippen LogP contribution in [0.3, 0.4) is 0 Å². The van der Waals surface area contributed by atoms with Crippen LogP contribution in [0.25, 0.3) is 0 Å². The number of nitro groups is 1. The summed E-state index contributed by atoms with van der Waals surface area (Å²) in [7, 11) is 0. The van der Waals surface area contributed by atoms with Crippen LogP contribution >= 0.6 is 31.9 Å². The molecule has 2 aliphatic carbocycles. The van der Waals surface area contributed by atoms with Crippen molar-refractivity contribution in [3.63, 3.8) is 0 Å². The Hall–Kier alpha value is -1.40. The van der Waals surface area contributed by atoms with Gasteiger partial charge in [0.25, 0.3) is 5.69 Å². The highest BCUT2D eigenvalue weighted by Gasteiger charge is 2.26. The fraction of sp³-hybridized carbons (Fsp3) is 0.400. The Morgan fingerprint density at radius 3 is 2.00 bits per heavy atom. The topological polar surface area (TPSA) is 69.2 Å². The number of nitrogen functional groups attached to an aromatic ring is 1. The fourth-order valence-electron chi connectivity index (χ4n) is 3.93. The van der Waals surface area contributed by atoms with Crippen LogP contribution in [0.2, 0.25) is 0 Å². The number of rotatable bonds is 1. The van der Waals surface area contributed by atoms with Crippen LogP contribution in [0.1, 0.15) is 46.2 Å². The molecule has 26 heavy (non-hydrogen) atoms. The second kappa shape index (κ2) is 7.69. The van der Waals surface area contributed by atoms with E-state index < -0.39 is 0 Å². The lowest BCUT2D eigenvalue weighted by Crippen LogP contribution is -1.98. The van der Waals surface area contributed by atoms with Crippen molar-refractivity contribution in [3.05, 3.63) is 64.6 Å². The molecule has 0 spiro atoms. The number of nitrogens with two attached hydrogens (primary N) is 1. The second-order valence-corrected chi connectivity index (χ2v) is 8.60. The van der Waals surface area contributed by atoms with Crippen LogP contribution in [0.4, 0.5) is 11.4 Å². The summed E-state index contributed by atoms with van der Waals surface area (Å²) in [5, 5.41) is 10.9. The lowest BCUT2D eigenvalue weighted by molar-refractivity contribution is -0.386. The number of nitrogens with zero attached hydrogens (tertiary/aromatic N) is 1. The highest BCUT2D eigenvalue weighted by molar-refractivity contribution is 9.11. The number of nitro benzene ring substituents is 1.